The van der Waals surface area contributed by atoms with E-state index in [9.17, 15) is 0 Å². The number of nitrogens with one attached hydrogen (secondary N) is 1. The molecule has 2 rings (SSSR count). The Morgan fingerprint density at radius 1 is 1.46 bits per heavy atom. The molecular weight excluding hydrogens is 210 g/mol. The fraction of sp³-hybridized carbons (Fsp3) is 0.143. The van der Waals surface area contributed by atoms with E-state index >= 15 is 0 Å². The summed E-state index contributed by atoms with van der Waals surface area (Å²) in [4.78, 5) is 0.874. The zero-order valence-electron chi connectivity index (χ0n) is 6.74. The Morgan fingerprint density at radius 2 is 2.31 bits per heavy atom. The van der Waals surface area contributed by atoms with Crippen molar-refractivity contribution < 1.29 is 4.42 Å². The van der Waals surface area contributed by atoms with Crippen molar-refractivity contribution in [3.05, 3.63) is 16.5 Å². The van der Waals surface area contributed by atoms with E-state index in [1.165, 1.54) is 11.3 Å². The molecule has 0 aliphatic rings. The van der Waals surface area contributed by atoms with Gasteiger partial charge in [-0.15, -0.1) is 16.4 Å². The maximum Gasteiger partial charge on any atom is 0.315 e. The zero-order chi connectivity index (χ0) is 9.26. The molecule has 2 aromatic heterocycles. The lowest BCUT2D eigenvalue weighted by atomic mass is 10.5. The molecule has 0 unspecified atom stereocenters. The molecule has 0 saturated heterocycles. The van der Waals surface area contributed by atoms with Crippen molar-refractivity contribution in [1.82, 2.24) is 10.2 Å². The van der Waals surface area contributed by atoms with E-state index in [-0.39, 0.29) is 0 Å². The third kappa shape index (κ3) is 1.66. The molecule has 0 radical (unpaired) electrons. The second-order valence-electron chi connectivity index (χ2n) is 2.27. The fourth-order valence-corrected chi connectivity index (χ4v) is 1.82. The van der Waals surface area contributed by atoms with Crippen LogP contribution in [0.3, 0.4) is 0 Å². The third-order valence-electron chi connectivity index (χ3n) is 1.42. The highest BCUT2D eigenvalue weighted by Crippen LogP contribution is 2.30. The van der Waals surface area contributed by atoms with Crippen LogP contribution in [0.5, 0.6) is 0 Å². The van der Waals surface area contributed by atoms with Crippen molar-refractivity contribution in [2.24, 2.45) is 0 Å². The summed E-state index contributed by atoms with van der Waals surface area (Å²) in [5.41, 5.74) is 0. The average molecular weight is 216 g/mol. The normalized spacial score (nSPS) is 10.3. The average Bonchev–Trinajstić information content (AvgIpc) is 2.71. The lowest BCUT2D eigenvalue weighted by molar-refractivity contribution is 0.587. The van der Waals surface area contributed by atoms with Crippen molar-refractivity contribution >= 4 is 29.0 Å². The van der Waals surface area contributed by atoms with Gasteiger partial charge in [-0.2, -0.15) is 0 Å². The number of rotatable bonds is 2. The molecule has 0 atom stereocenters. The van der Waals surface area contributed by atoms with E-state index in [2.05, 4.69) is 15.5 Å². The van der Waals surface area contributed by atoms with Gasteiger partial charge in [-0.05, 0) is 12.1 Å². The van der Waals surface area contributed by atoms with E-state index in [0.29, 0.717) is 16.2 Å². The van der Waals surface area contributed by atoms with Gasteiger partial charge in [-0.1, -0.05) is 16.7 Å². The van der Waals surface area contributed by atoms with E-state index in [1.807, 2.05) is 6.07 Å². The minimum Gasteiger partial charge on any atom is -0.403 e. The van der Waals surface area contributed by atoms with Crippen LogP contribution in [0.15, 0.2) is 16.5 Å². The molecule has 0 aromatic carbocycles. The molecule has 6 heteroatoms. The first-order valence-corrected chi connectivity index (χ1v) is 4.76. The Hall–Kier alpha value is -1.07. The van der Waals surface area contributed by atoms with Gasteiger partial charge in [-0.25, -0.2) is 0 Å². The summed E-state index contributed by atoms with van der Waals surface area (Å²) in [6.07, 6.45) is 0. The van der Waals surface area contributed by atoms with Crippen LogP contribution in [-0.2, 0) is 0 Å². The Balaban J connectivity index is 2.35. The number of hydrogen-bond acceptors (Lipinski definition) is 5. The molecule has 13 heavy (non-hydrogen) atoms. The van der Waals surface area contributed by atoms with E-state index < -0.39 is 0 Å². The molecule has 2 aromatic rings. The van der Waals surface area contributed by atoms with Crippen molar-refractivity contribution in [1.29, 1.82) is 0 Å². The van der Waals surface area contributed by atoms with Crippen molar-refractivity contribution in [3.8, 4) is 10.8 Å². The third-order valence-corrected chi connectivity index (χ3v) is 2.64. The van der Waals surface area contributed by atoms with Gasteiger partial charge < -0.3 is 9.73 Å². The van der Waals surface area contributed by atoms with Crippen molar-refractivity contribution in [3.63, 3.8) is 0 Å². The molecule has 68 valence electrons. The van der Waals surface area contributed by atoms with Gasteiger partial charge >= 0.3 is 6.01 Å². The molecule has 0 saturated carbocycles. The highest BCUT2D eigenvalue weighted by Gasteiger charge is 2.09. The molecule has 0 amide bonds. The quantitative estimate of drug-likeness (QED) is 0.836. The summed E-state index contributed by atoms with van der Waals surface area (Å²) in [5.74, 6) is 0.487. The molecule has 0 aliphatic carbocycles. The molecule has 2 heterocycles. The first-order valence-electron chi connectivity index (χ1n) is 3.56. The summed E-state index contributed by atoms with van der Waals surface area (Å²) in [6.45, 7) is 0. The van der Waals surface area contributed by atoms with Gasteiger partial charge in [0.25, 0.3) is 5.89 Å². The van der Waals surface area contributed by atoms with Gasteiger partial charge in [0.15, 0.2) is 0 Å². The Labute approximate surface area is 83.5 Å². The molecule has 0 spiro atoms. The predicted molar refractivity (Wildman–Crippen MR) is 52.2 cm³/mol. The molecular formula is C7H6ClN3OS. The highest BCUT2D eigenvalue weighted by molar-refractivity contribution is 7.19. The van der Waals surface area contributed by atoms with E-state index in [4.69, 9.17) is 16.0 Å². The number of halogens is 1. The maximum absolute atomic E-state index is 5.76. The number of hydrogen-bond donors (Lipinski definition) is 1. The standard InChI is InChI=1S/C7H6ClN3OS/c1-9-7-11-10-6(12-7)4-2-3-5(8)13-4/h2-3H,1H3,(H,9,11). The van der Waals surface area contributed by atoms with Crippen LogP contribution < -0.4 is 5.32 Å². The summed E-state index contributed by atoms with van der Waals surface area (Å²) >= 11 is 7.17. The second kappa shape index (κ2) is 3.35. The number of thiophene rings is 1. The van der Waals surface area contributed by atoms with Crippen LogP contribution in [0.25, 0.3) is 10.8 Å². The summed E-state index contributed by atoms with van der Waals surface area (Å²) in [5, 5.41) is 10.4. The van der Waals surface area contributed by atoms with Crippen LogP contribution in [0.2, 0.25) is 4.34 Å². The van der Waals surface area contributed by atoms with Crippen LogP contribution in [0.4, 0.5) is 6.01 Å². The fourth-order valence-electron chi connectivity index (χ4n) is 0.853. The minimum absolute atomic E-state index is 0.402. The lowest BCUT2D eigenvalue weighted by Crippen LogP contribution is -1.85. The molecule has 4 nitrogen and oxygen atoms in total. The van der Waals surface area contributed by atoms with Gasteiger partial charge in [0.1, 0.15) is 0 Å². The molecule has 0 fully saturated rings. The summed E-state index contributed by atoms with van der Waals surface area (Å²) < 4.78 is 5.96. The van der Waals surface area contributed by atoms with E-state index in [1.54, 1.807) is 13.1 Å². The van der Waals surface area contributed by atoms with Gasteiger partial charge in [0.2, 0.25) is 0 Å². The van der Waals surface area contributed by atoms with Crippen LogP contribution in [0, 0.1) is 0 Å². The van der Waals surface area contributed by atoms with Gasteiger partial charge in [0.05, 0.1) is 9.21 Å². The minimum atomic E-state index is 0.402. The zero-order valence-corrected chi connectivity index (χ0v) is 8.32. The predicted octanol–water partition coefficient (Wildman–Crippen LogP) is 2.49. The summed E-state index contributed by atoms with van der Waals surface area (Å²) in [6, 6.07) is 4.05. The summed E-state index contributed by atoms with van der Waals surface area (Å²) in [7, 11) is 1.72. The molecule has 0 aliphatic heterocycles. The Kier molecular flexibility index (Phi) is 2.20. The monoisotopic (exact) mass is 215 g/mol. The Bertz CT molecular complexity index is 411. The van der Waals surface area contributed by atoms with Crippen LogP contribution in [-0.4, -0.2) is 17.2 Å². The lowest BCUT2D eigenvalue weighted by Gasteiger charge is -1.86. The maximum atomic E-state index is 5.76. The van der Waals surface area contributed by atoms with Crippen molar-refractivity contribution in [2.45, 2.75) is 0 Å². The molecule has 0 bridgehead atoms. The first kappa shape index (κ1) is 8.52. The highest BCUT2D eigenvalue weighted by atomic mass is 35.5. The SMILES string of the molecule is CNc1nnc(-c2ccc(Cl)s2)o1. The van der Waals surface area contributed by atoms with Gasteiger partial charge in [0, 0.05) is 7.05 Å². The van der Waals surface area contributed by atoms with Crippen molar-refractivity contribution in [2.75, 3.05) is 12.4 Å². The first-order chi connectivity index (χ1) is 6.29. The number of aromatic nitrogens is 2. The van der Waals surface area contributed by atoms with Gasteiger partial charge in [-0.3, -0.25) is 0 Å². The largest absolute Gasteiger partial charge is 0.403 e. The Morgan fingerprint density at radius 3 is 2.85 bits per heavy atom. The van der Waals surface area contributed by atoms with E-state index in [0.717, 1.165) is 4.88 Å². The number of anilines is 1. The molecule has 1 N–H and O–H groups in total. The second-order valence-corrected chi connectivity index (χ2v) is 3.98. The van der Waals surface area contributed by atoms with Crippen LogP contribution >= 0.6 is 22.9 Å². The van der Waals surface area contributed by atoms with Crippen LogP contribution in [0.1, 0.15) is 0 Å². The topological polar surface area (TPSA) is 51.0 Å². The number of nitrogens with zero attached hydrogens (tertiary/aromatic N) is 2. The smallest absolute Gasteiger partial charge is 0.315 e.